The molecule has 1 aromatic heterocycles. The Balaban J connectivity index is 2.68. The maximum Gasteiger partial charge on any atom is 0.325 e. The van der Waals surface area contributed by atoms with E-state index < -0.39 is 11.2 Å². The molecule has 0 aliphatic heterocycles. The van der Waals surface area contributed by atoms with Gasteiger partial charge in [-0.3, -0.25) is 14.6 Å². The third kappa shape index (κ3) is 4.23. The second kappa shape index (κ2) is 6.00. The van der Waals surface area contributed by atoms with Crippen LogP contribution in [0.4, 0.5) is 0 Å². The van der Waals surface area contributed by atoms with E-state index in [0.717, 1.165) is 6.07 Å². The third-order valence-corrected chi connectivity index (χ3v) is 2.25. The highest BCUT2D eigenvalue weighted by atomic mass is 16.3. The van der Waals surface area contributed by atoms with Gasteiger partial charge in [-0.1, -0.05) is 6.92 Å². The molecule has 0 bridgehead atoms. The van der Waals surface area contributed by atoms with Crippen LogP contribution in [0.25, 0.3) is 0 Å². The Labute approximate surface area is 96.9 Å². The van der Waals surface area contributed by atoms with Gasteiger partial charge in [-0.05, 0) is 6.42 Å². The fourth-order valence-corrected chi connectivity index (χ4v) is 1.34. The Kier molecular flexibility index (Phi) is 4.65. The minimum absolute atomic E-state index is 0.102. The highest BCUT2D eigenvalue weighted by Gasteiger charge is 2.10. The summed E-state index contributed by atoms with van der Waals surface area (Å²) in [5.41, 5.74) is -0.954. The summed E-state index contributed by atoms with van der Waals surface area (Å²) in [6, 6.07) is 0.845. The third-order valence-electron chi connectivity index (χ3n) is 2.25. The normalized spacial score (nSPS) is 12.1. The number of aromatic amines is 2. The van der Waals surface area contributed by atoms with E-state index in [2.05, 4.69) is 10.3 Å². The number of carbonyl (C=O) groups is 1. The maximum absolute atomic E-state index is 11.5. The molecule has 0 aromatic carbocycles. The Morgan fingerprint density at radius 2 is 2.18 bits per heavy atom. The molecule has 0 spiro atoms. The number of aliphatic hydroxyl groups excluding tert-OH is 1. The zero-order valence-electron chi connectivity index (χ0n) is 9.45. The van der Waals surface area contributed by atoms with Gasteiger partial charge in [0.15, 0.2) is 0 Å². The fourth-order valence-electron chi connectivity index (χ4n) is 1.34. The topological polar surface area (TPSA) is 115 Å². The zero-order valence-corrected chi connectivity index (χ0v) is 9.45. The minimum Gasteiger partial charge on any atom is -0.394 e. The summed E-state index contributed by atoms with van der Waals surface area (Å²) in [5, 5.41) is 11.5. The average molecular weight is 241 g/mol. The summed E-state index contributed by atoms with van der Waals surface area (Å²) in [4.78, 5) is 37.8. The molecule has 7 nitrogen and oxygen atoms in total. The molecule has 4 N–H and O–H groups in total. The lowest BCUT2D eigenvalue weighted by Gasteiger charge is -2.13. The van der Waals surface area contributed by atoms with Gasteiger partial charge in [-0.15, -0.1) is 0 Å². The number of aromatic nitrogens is 2. The Morgan fingerprint density at radius 1 is 1.47 bits per heavy atom. The van der Waals surface area contributed by atoms with E-state index >= 15 is 0 Å². The van der Waals surface area contributed by atoms with E-state index in [1.807, 2.05) is 11.9 Å². The number of hydrogen-bond acceptors (Lipinski definition) is 4. The quantitative estimate of drug-likeness (QED) is 0.501. The van der Waals surface area contributed by atoms with Gasteiger partial charge in [0.2, 0.25) is 5.91 Å². The molecular formula is C10H15N3O4. The molecule has 1 rings (SSSR count). The standard InChI is InChI=1S/C10H15N3O4/c1-2-6(5-14)11-8(15)3-7-4-9(16)13-10(17)12-7/h4,6,14H,2-3,5H2,1H3,(H,11,15)(H2,12,13,16,17)/t6-/m0/s1. The summed E-state index contributed by atoms with van der Waals surface area (Å²) in [7, 11) is 0. The van der Waals surface area contributed by atoms with E-state index in [1.165, 1.54) is 0 Å². The smallest absolute Gasteiger partial charge is 0.325 e. The van der Waals surface area contributed by atoms with Crippen molar-refractivity contribution in [1.29, 1.82) is 0 Å². The second-order valence-corrected chi connectivity index (χ2v) is 3.64. The maximum atomic E-state index is 11.5. The first kappa shape index (κ1) is 13.2. The van der Waals surface area contributed by atoms with E-state index in [4.69, 9.17) is 5.11 Å². The van der Waals surface area contributed by atoms with Crippen LogP contribution in [0.5, 0.6) is 0 Å². The van der Waals surface area contributed by atoms with Gasteiger partial charge in [-0.2, -0.15) is 0 Å². The molecule has 1 amide bonds. The molecule has 94 valence electrons. The van der Waals surface area contributed by atoms with Crippen molar-refractivity contribution in [2.24, 2.45) is 0 Å². The first-order valence-electron chi connectivity index (χ1n) is 5.28. The SMILES string of the molecule is CC[C@@H](CO)NC(=O)Cc1cc(=O)[nH]c(=O)[nH]1. The lowest BCUT2D eigenvalue weighted by Crippen LogP contribution is -2.38. The summed E-state index contributed by atoms with van der Waals surface area (Å²) < 4.78 is 0. The Morgan fingerprint density at radius 3 is 2.71 bits per heavy atom. The number of H-pyrrole nitrogens is 2. The predicted octanol–water partition coefficient (Wildman–Crippen LogP) is -1.51. The van der Waals surface area contributed by atoms with Crippen molar-refractivity contribution in [2.45, 2.75) is 25.8 Å². The highest BCUT2D eigenvalue weighted by Crippen LogP contribution is 1.92. The van der Waals surface area contributed by atoms with Crippen molar-refractivity contribution < 1.29 is 9.90 Å². The Hall–Kier alpha value is -1.89. The molecule has 0 saturated carbocycles. The van der Waals surface area contributed by atoms with Crippen LogP contribution in [-0.4, -0.2) is 33.6 Å². The van der Waals surface area contributed by atoms with Gasteiger partial charge >= 0.3 is 5.69 Å². The number of amides is 1. The molecule has 1 atom stereocenters. The Bertz CT molecular complexity index is 459. The molecule has 7 heteroatoms. The van der Waals surface area contributed by atoms with Crippen LogP contribution < -0.4 is 16.6 Å². The summed E-state index contributed by atoms with van der Waals surface area (Å²) in [6.45, 7) is 1.68. The number of aliphatic hydroxyl groups is 1. The molecule has 0 saturated heterocycles. The molecule has 1 aromatic rings. The molecule has 17 heavy (non-hydrogen) atoms. The number of nitrogens with one attached hydrogen (secondary N) is 3. The molecule has 0 aliphatic rings. The molecule has 0 unspecified atom stereocenters. The lowest BCUT2D eigenvalue weighted by molar-refractivity contribution is -0.121. The number of carbonyl (C=O) groups excluding carboxylic acids is 1. The van der Waals surface area contributed by atoms with E-state index in [9.17, 15) is 14.4 Å². The molecular weight excluding hydrogens is 226 g/mol. The first-order chi connectivity index (χ1) is 8.05. The second-order valence-electron chi connectivity index (χ2n) is 3.64. The van der Waals surface area contributed by atoms with Crippen LogP contribution in [0.2, 0.25) is 0 Å². The van der Waals surface area contributed by atoms with Gasteiger partial charge in [-0.25, -0.2) is 4.79 Å². The van der Waals surface area contributed by atoms with Crippen molar-refractivity contribution >= 4 is 5.91 Å². The van der Waals surface area contributed by atoms with E-state index in [-0.39, 0.29) is 30.7 Å². The zero-order chi connectivity index (χ0) is 12.8. The average Bonchev–Trinajstić information content (AvgIpc) is 2.24. The van der Waals surface area contributed by atoms with Crippen LogP contribution in [0.15, 0.2) is 15.7 Å². The van der Waals surface area contributed by atoms with E-state index in [0.29, 0.717) is 6.42 Å². The number of hydrogen-bond donors (Lipinski definition) is 4. The van der Waals surface area contributed by atoms with Gasteiger partial charge < -0.3 is 15.4 Å². The van der Waals surface area contributed by atoms with Crippen LogP contribution in [0.3, 0.4) is 0 Å². The fraction of sp³-hybridized carbons (Fsp3) is 0.500. The van der Waals surface area contributed by atoms with Gasteiger partial charge in [0.25, 0.3) is 5.56 Å². The van der Waals surface area contributed by atoms with Gasteiger partial charge in [0.1, 0.15) is 0 Å². The molecule has 0 radical (unpaired) electrons. The van der Waals surface area contributed by atoms with Crippen molar-refractivity contribution in [2.75, 3.05) is 6.61 Å². The number of rotatable bonds is 5. The molecule has 1 heterocycles. The molecule has 0 fully saturated rings. The van der Waals surface area contributed by atoms with Crippen molar-refractivity contribution in [3.05, 3.63) is 32.6 Å². The first-order valence-corrected chi connectivity index (χ1v) is 5.28. The van der Waals surface area contributed by atoms with Crippen LogP contribution in [-0.2, 0) is 11.2 Å². The minimum atomic E-state index is -0.644. The van der Waals surface area contributed by atoms with Crippen LogP contribution in [0.1, 0.15) is 19.0 Å². The van der Waals surface area contributed by atoms with Crippen LogP contribution in [0, 0.1) is 0 Å². The summed E-state index contributed by atoms with van der Waals surface area (Å²) >= 11 is 0. The monoisotopic (exact) mass is 241 g/mol. The van der Waals surface area contributed by atoms with Crippen molar-refractivity contribution in [3.8, 4) is 0 Å². The van der Waals surface area contributed by atoms with Crippen molar-refractivity contribution in [3.63, 3.8) is 0 Å². The predicted molar refractivity (Wildman–Crippen MR) is 60.7 cm³/mol. The lowest BCUT2D eigenvalue weighted by atomic mass is 10.2. The summed E-state index contributed by atoms with van der Waals surface area (Å²) in [5.74, 6) is -0.354. The van der Waals surface area contributed by atoms with Gasteiger partial charge in [0, 0.05) is 11.8 Å². The van der Waals surface area contributed by atoms with Crippen LogP contribution >= 0.6 is 0 Å². The molecule has 0 aliphatic carbocycles. The van der Waals surface area contributed by atoms with Crippen molar-refractivity contribution in [1.82, 2.24) is 15.3 Å². The highest BCUT2D eigenvalue weighted by molar-refractivity contribution is 5.78. The van der Waals surface area contributed by atoms with E-state index in [1.54, 1.807) is 0 Å². The largest absolute Gasteiger partial charge is 0.394 e. The van der Waals surface area contributed by atoms with Gasteiger partial charge in [0.05, 0.1) is 19.1 Å². The summed E-state index contributed by atoms with van der Waals surface area (Å²) in [6.07, 6.45) is 0.504.